The van der Waals surface area contributed by atoms with Gasteiger partial charge in [-0.3, -0.25) is 4.98 Å². The van der Waals surface area contributed by atoms with Crippen LogP contribution in [0, 0.1) is 6.42 Å². The Hall–Kier alpha value is -1.63. The number of unbranched alkanes of at least 4 members (excludes halogenated alkanes) is 4. The molecule has 0 bridgehead atoms. The van der Waals surface area contributed by atoms with Crippen molar-refractivity contribution in [3.05, 3.63) is 72.4 Å². The second-order valence-corrected chi connectivity index (χ2v) is 4.88. The summed E-state index contributed by atoms with van der Waals surface area (Å²) in [4.78, 5) is 4.34. The number of aryl methyl sites for hydroxylation is 2. The molecule has 0 fully saturated rings. The van der Waals surface area contributed by atoms with Gasteiger partial charge in [0, 0.05) is 11.9 Å². The summed E-state index contributed by atoms with van der Waals surface area (Å²) in [6, 6.07) is 16.9. The highest BCUT2D eigenvalue weighted by Crippen LogP contribution is 2.09. The molecule has 1 nitrogen and oxygen atoms in total. The monoisotopic (exact) mass is 252 g/mol. The van der Waals surface area contributed by atoms with E-state index in [-0.39, 0.29) is 0 Å². The third-order valence-corrected chi connectivity index (χ3v) is 3.28. The van der Waals surface area contributed by atoms with Crippen molar-refractivity contribution >= 4 is 0 Å². The maximum absolute atomic E-state index is 4.34. The van der Waals surface area contributed by atoms with E-state index in [4.69, 9.17) is 0 Å². The first-order chi connectivity index (χ1) is 9.45. The van der Waals surface area contributed by atoms with Gasteiger partial charge in [-0.25, -0.2) is 0 Å². The molecule has 2 aromatic rings. The molecule has 0 aliphatic carbocycles. The molecule has 0 saturated heterocycles. The topological polar surface area (TPSA) is 12.9 Å². The number of pyridine rings is 1. The van der Waals surface area contributed by atoms with Crippen LogP contribution < -0.4 is 0 Å². The molecular weight excluding hydrogens is 230 g/mol. The molecule has 99 valence electrons. The van der Waals surface area contributed by atoms with Crippen molar-refractivity contribution in [2.75, 3.05) is 0 Å². The van der Waals surface area contributed by atoms with Crippen LogP contribution in [0.15, 0.2) is 54.7 Å². The highest BCUT2D eigenvalue weighted by Gasteiger charge is 1.95. The van der Waals surface area contributed by atoms with Crippen LogP contribution in [0.2, 0.25) is 0 Å². The van der Waals surface area contributed by atoms with Crippen LogP contribution in [0.4, 0.5) is 0 Å². The molecule has 0 spiro atoms. The van der Waals surface area contributed by atoms with E-state index in [9.17, 15) is 0 Å². The van der Waals surface area contributed by atoms with Crippen LogP contribution in [0.3, 0.4) is 0 Å². The predicted octanol–water partition coefficient (Wildman–Crippen LogP) is 4.63. The van der Waals surface area contributed by atoms with Gasteiger partial charge in [-0.2, -0.15) is 0 Å². The summed E-state index contributed by atoms with van der Waals surface area (Å²) < 4.78 is 0. The summed E-state index contributed by atoms with van der Waals surface area (Å²) in [5, 5.41) is 0. The Morgan fingerprint density at radius 3 is 2.26 bits per heavy atom. The Kier molecular flexibility index (Phi) is 6.15. The Morgan fingerprint density at radius 2 is 1.53 bits per heavy atom. The van der Waals surface area contributed by atoms with Crippen molar-refractivity contribution in [1.29, 1.82) is 0 Å². The van der Waals surface area contributed by atoms with Crippen molar-refractivity contribution in [3.63, 3.8) is 0 Å². The first kappa shape index (κ1) is 13.8. The van der Waals surface area contributed by atoms with E-state index >= 15 is 0 Å². The molecular formula is C18H22N. The molecule has 1 radical (unpaired) electrons. The summed E-state index contributed by atoms with van der Waals surface area (Å²) in [5.41, 5.74) is 2.66. The maximum Gasteiger partial charge on any atom is 0.0403 e. The molecule has 1 heteroatoms. The molecule has 1 aromatic heterocycles. The summed E-state index contributed by atoms with van der Waals surface area (Å²) in [5.74, 6) is 0. The first-order valence-corrected chi connectivity index (χ1v) is 7.20. The van der Waals surface area contributed by atoms with E-state index in [2.05, 4.69) is 53.9 Å². The Morgan fingerprint density at radius 1 is 0.789 bits per heavy atom. The summed E-state index contributed by atoms with van der Waals surface area (Å²) >= 11 is 0. The smallest absolute Gasteiger partial charge is 0.0403 e. The zero-order valence-corrected chi connectivity index (χ0v) is 11.5. The Labute approximate surface area is 116 Å². The minimum atomic E-state index is 1.09. The molecule has 0 aliphatic heterocycles. The highest BCUT2D eigenvalue weighted by atomic mass is 14.7. The van der Waals surface area contributed by atoms with Gasteiger partial charge in [-0.1, -0.05) is 36.4 Å². The average molecular weight is 252 g/mol. The van der Waals surface area contributed by atoms with Crippen LogP contribution in [0.25, 0.3) is 0 Å². The summed E-state index contributed by atoms with van der Waals surface area (Å²) in [7, 11) is 0. The van der Waals surface area contributed by atoms with Gasteiger partial charge in [0.05, 0.1) is 0 Å². The quantitative estimate of drug-likeness (QED) is 0.624. The molecule has 19 heavy (non-hydrogen) atoms. The fraction of sp³-hybridized carbons (Fsp3) is 0.333. The third-order valence-electron chi connectivity index (χ3n) is 3.28. The second-order valence-electron chi connectivity index (χ2n) is 4.88. The van der Waals surface area contributed by atoms with E-state index in [1.165, 1.54) is 43.4 Å². The van der Waals surface area contributed by atoms with Gasteiger partial charge < -0.3 is 0 Å². The largest absolute Gasteiger partial charge is 0.261 e. The molecule has 0 atom stereocenters. The number of aromatic nitrogens is 1. The number of rotatable bonds is 8. The van der Waals surface area contributed by atoms with Crippen LogP contribution in [-0.4, -0.2) is 4.98 Å². The lowest BCUT2D eigenvalue weighted by Gasteiger charge is -2.02. The molecule has 0 amide bonds. The molecule has 0 N–H and O–H groups in total. The van der Waals surface area contributed by atoms with Crippen LogP contribution >= 0.6 is 0 Å². The van der Waals surface area contributed by atoms with E-state index in [1.54, 1.807) is 0 Å². The van der Waals surface area contributed by atoms with Crippen LogP contribution in [0.5, 0.6) is 0 Å². The van der Waals surface area contributed by atoms with Crippen LogP contribution in [0.1, 0.15) is 36.9 Å². The third kappa shape index (κ3) is 5.69. The van der Waals surface area contributed by atoms with E-state index < -0.39 is 0 Å². The van der Waals surface area contributed by atoms with Gasteiger partial charge in [0.2, 0.25) is 0 Å². The van der Waals surface area contributed by atoms with Gasteiger partial charge in [0.25, 0.3) is 0 Å². The van der Waals surface area contributed by atoms with E-state index in [1.807, 2.05) is 12.3 Å². The van der Waals surface area contributed by atoms with E-state index in [0.29, 0.717) is 0 Å². The van der Waals surface area contributed by atoms with Gasteiger partial charge in [0.1, 0.15) is 0 Å². The molecule has 1 aromatic carbocycles. The van der Waals surface area contributed by atoms with E-state index in [0.717, 1.165) is 6.42 Å². The van der Waals surface area contributed by atoms with Crippen molar-refractivity contribution in [1.82, 2.24) is 4.98 Å². The predicted molar refractivity (Wildman–Crippen MR) is 80.9 cm³/mol. The van der Waals surface area contributed by atoms with Crippen LogP contribution in [-0.2, 0) is 12.8 Å². The van der Waals surface area contributed by atoms with Crippen molar-refractivity contribution in [2.45, 2.75) is 38.5 Å². The number of hydrogen-bond donors (Lipinski definition) is 0. The minimum Gasteiger partial charge on any atom is -0.261 e. The molecule has 0 aliphatic rings. The molecule has 0 saturated carbocycles. The van der Waals surface area contributed by atoms with Gasteiger partial charge >= 0.3 is 0 Å². The normalized spacial score (nSPS) is 10.5. The lowest BCUT2D eigenvalue weighted by molar-refractivity contribution is 0.719. The number of hydrogen-bond acceptors (Lipinski definition) is 1. The first-order valence-electron chi connectivity index (χ1n) is 7.20. The Balaban J connectivity index is 1.49. The van der Waals surface area contributed by atoms with Gasteiger partial charge in [-0.05, 0) is 62.6 Å². The molecule has 0 unspecified atom stereocenters. The SMILES string of the molecule is [CH](CCCc1ccccc1)CCCc1ccccn1. The minimum absolute atomic E-state index is 1.09. The van der Waals surface area contributed by atoms with Crippen molar-refractivity contribution < 1.29 is 0 Å². The summed E-state index contributed by atoms with van der Waals surface area (Å²) in [6.45, 7) is 0. The number of benzene rings is 1. The molecule has 2 rings (SSSR count). The summed E-state index contributed by atoms with van der Waals surface area (Å²) in [6.07, 6.45) is 11.5. The average Bonchev–Trinajstić information content (AvgIpc) is 2.48. The second kappa shape index (κ2) is 8.47. The number of nitrogens with zero attached hydrogens (tertiary/aromatic N) is 1. The lowest BCUT2D eigenvalue weighted by atomic mass is 10.0. The maximum atomic E-state index is 4.34. The zero-order chi connectivity index (χ0) is 13.2. The van der Waals surface area contributed by atoms with Gasteiger partial charge in [-0.15, -0.1) is 0 Å². The lowest BCUT2D eigenvalue weighted by Crippen LogP contribution is -1.90. The van der Waals surface area contributed by atoms with Crippen molar-refractivity contribution in [3.8, 4) is 0 Å². The fourth-order valence-electron chi connectivity index (χ4n) is 2.21. The zero-order valence-electron chi connectivity index (χ0n) is 11.5. The van der Waals surface area contributed by atoms with Crippen molar-refractivity contribution in [2.24, 2.45) is 0 Å². The van der Waals surface area contributed by atoms with Gasteiger partial charge in [0.15, 0.2) is 0 Å². The Bertz CT molecular complexity index is 392. The standard InChI is InChI=1S/C18H22N/c1(2-5-11-17-12-6-4-7-13-17)3-8-14-18-15-9-10-16-19-18/h1,4,6-7,9-10,12-13,15-16H,2-3,5,8,11,14H2. The molecule has 1 heterocycles. The fourth-order valence-corrected chi connectivity index (χ4v) is 2.21. The highest BCUT2D eigenvalue weighted by molar-refractivity contribution is 5.14.